The lowest BCUT2D eigenvalue weighted by Crippen LogP contribution is -2.18. The molecule has 2 aromatic rings. The average molecular weight is 439 g/mol. The number of hydrogen-bond donors (Lipinski definition) is 2. The summed E-state index contributed by atoms with van der Waals surface area (Å²) in [6.07, 6.45) is 8.28. The van der Waals surface area contributed by atoms with Gasteiger partial charge in [0.1, 0.15) is 0 Å². The molecule has 1 fully saturated rings. The van der Waals surface area contributed by atoms with Crippen LogP contribution in [0.3, 0.4) is 0 Å². The first-order valence-corrected chi connectivity index (χ1v) is 12.1. The van der Waals surface area contributed by atoms with Crippen LogP contribution in [0.1, 0.15) is 74.0 Å². The summed E-state index contributed by atoms with van der Waals surface area (Å²) >= 11 is 1.90. The van der Waals surface area contributed by atoms with E-state index in [9.17, 15) is 15.0 Å². The van der Waals surface area contributed by atoms with E-state index in [4.69, 9.17) is 0 Å². The topological polar surface area (TPSA) is 57.5 Å². The minimum absolute atomic E-state index is 0.0271. The Bertz CT molecular complexity index is 922. The van der Waals surface area contributed by atoms with Crippen molar-refractivity contribution in [3.05, 3.63) is 76.9 Å². The molecule has 2 N–H and O–H groups in total. The number of aryl methyl sites for hydroxylation is 1. The van der Waals surface area contributed by atoms with Crippen molar-refractivity contribution in [3.8, 4) is 0 Å². The van der Waals surface area contributed by atoms with Gasteiger partial charge in [-0.1, -0.05) is 60.7 Å². The molecule has 1 aliphatic carbocycles. The summed E-state index contributed by atoms with van der Waals surface area (Å²) in [4.78, 5) is 11.3. The number of rotatable bonds is 11. The van der Waals surface area contributed by atoms with Gasteiger partial charge in [-0.25, -0.2) is 0 Å². The second-order valence-corrected chi connectivity index (χ2v) is 10.5. The molecule has 0 bridgehead atoms. The first-order chi connectivity index (χ1) is 14.7. The number of hydrogen-bond acceptors (Lipinski definition) is 3. The van der Waals surface area contributed by atoms with E-state index in [-0.39, 0.29) is 17.1 Å². The van der Waals surface area contributed by atoms with Crippen molar-refractivity contribution in [3.63, 3.8) is 0 Å². The number of aliphatic carboxylic acids is 1. The zero-order chi connectivity index (χ0) is 22.5. The van der Waals surface area contributed by atoms with Crippen LogP contribution < -0.4 is 0 Å². The van der Waals surface area contributed by atoms with Crippen LogP contribution in [-0.4, -0.2) is 21.9 Å². The highest BCUT2D eigenvalue weighted by atomic mass is 32.2. The van der Waals surface area contributed by atoms with E-state index in [1.165, 1.54) is 16.7 Å². The van der Waals surface area contributed by atoms with Crippen LogP contribution in [0.5, 0.6) is 0 Å². The quantitative estimate of drug-likeness (QED) is 0.414. The molecule has 1 atom stereocenters. The normalized spacial score (nSPS) is 16.4. The molecule has 1 saturated carbocycles. The Morgan fingerprint density at radius 2 is 1.94 bits per heavy atom. The molecule has 0 spiro atoms. The van der Waals surface area contributed by atoms with Gasteiger partial charge >= 0.3 is 5.97 Å². The molecule has 0 radical (unpaired) electrons. The van der Waals surface area contributed by atoms with Gasteiger partial charge in [0.25, 0.3) is 0 Å². The van der Waals surface area contributed by atoms with E-state index in [0.717, 1.165) is 37.0 Å². The molecule has 3 nitrogen and oxygen atoms in total. The predicted molar refractivity (Wildman–Crippen MR) is 130 cm³/mol. The average Bonchev–Trinajstić information content (AvgIpc) is 3.47. The van der Waals surface area contributed by atoms with Crippen LogP contribution in [-0.2, 0) is 16.8 Å². The van der Waals surface area contributed by atoms with E-state index in [2.05, 4.69) is 36.4 Å². The van der Waals surface area contributed by atoms with Gasteiger partial charge in [-0.2, -0.15) is 11.8 Å². The Hall–Kier alpha value is -2.04. The number of aliphatic hydroxyl groups is 1. The van der Waals surface area contributed by atoms with Crippen molar-refractivity contribution >= 4 is 23.8 Å². The Morgan fingerprint density at radius 3 is 2.58 bits per heavy atom. The predicted octanol–water partition coefficient (Wildman–Crippen LogP) is 6.61. The zero-order valence-corrected chi connectivity index (χ0v) is 19.6. The van der Waals surface area contributed by atoms with Gasteiger partial charge in [-0.15, -0.1) is 0 Å². The lowest BCUT2D eigenvalue weighted by molar-refractivity contribution is -0.138. The number of carbonyl (C=O) groups is 1. The Balaban J connectivity index is 1.80. The van der Waals surface area contributed by atoms with Crippen molar-refractivity contribution < 1.29 is 15.0 Å². The highest BCUT2D eigenvalue weighted by molar-refractivity contribution is 7.99. The standard InChI is InChI=1S/C27H34O3S/c1-4-8-20-9-7-11-22(17-20)24(31-19-27(15-16-27)18-25(28)29)14-13-21-10-5-6-12-23(21)26(2,3)30/h4-12,17,24,30H,13-16,18-19H2,1-3H3,(H,28,29)/b8-4+/t24-/m1/s1. The maximum absolute atomic E-state index is 11.3. The Kier molecular flexibility index (Phi) is 7.66. The van der Waals surface area contributed by atoms with Crippen molar-refractivity contribution in [2.75, 3.05) is 5.75 Å². The summed E-state index contributed by atoms with van der Waals surface area (Å²) in [5.41, 5.74) is 3.73. The van der Waals surface area contributed by atoms with Crippen molar-refractivity contribution in [1.29, 1.82) is 0 Å². The number of allylic oxidation sites excluding steroid dienone is 1. The van der Waals surface area contributed by atoms with E-state index in [1.807, 2.05) is 56.8 Å². The summed E-state index contributed by atoms with van der Waals surface area (Å²) < 4.78 is 0. The number of benzene rings is 2. The van der Waals surface area contributed by atoms with Crippen LogP contribution in [0.2, 0.25) is 0 Å². The van der Waals surface area contributed by atoms with Crippen molar-refractivity contribution in [1.82, 2.24) is 0 Å². The maximum atomic E-state index is 11.3. The van der Waals surface area contributed by atoms with Gasteiger partial charge in [0.2, 0.25) is 0 Å². The zero-order valence-electron chi connectivity index (χ0n) is 18.8. The lowest BCUT2D eigenvalue weighted by atomic mass is 9.90. The smallest absolute Gasteiger partial charge is 0.303 e. The van der Waals surface area contributed by atoms with Crippen LogP contribution >= 0.6 is 11.8 Å². The summed E-state index contributed by atoms with van der Waals surface area (Å²) in [5.74, 6) is 0.189. The summed E-state index contributed by atoms with van der Waals surface area (Å²) in [6.45, 7) is 5.69. The first kappa shape index (κ1) is 23.6. The Morgan fingerprint density at radius 1 is 1.19 bits per heavy atom. The van der Waals surface area contributed by atoms with Crippen LogP contribution in [0.15, 0.2) is 54.6 Å². The molecule has 0 amide bonds. The summed E-state index contributed by atoms with van der Waals surface area (Å²) in [5, 5.41) is 20.2. The molecule has 31 heavy (non-hydrogen) atoms. The maximum Gasteiger partial charge on any atom is 0.303 e. The molecule has 4 heteroatoms. The second kappa shape index (κ2) is 10.1. The highest BCUT2D eigenvalue weighted by Crippen LogP contribution is 2.53. The first-order valence-electron chi connectivity index (χ1n) is 11.1. The lowest BCUT2D eigenvalue weighted by Gasteiger charge is -2.24. The number of carboxylic acids is 1. The van der Waals surface area contributed by atoms with Gasteiger partial charge in [0.15, 0.2) is 0 Å². The fourth-order valence-electron chi connectivity index (χ4n) is 4.17. The fraction of sp³-hybridized carbons (Fsp3) is 0.444. The summed E-state index contributed by atoms with van der Waals surface area (Å²) in [6, 6.07) is 16.8. The molecular formula is C27H34O3S. The molecule has 1 aliphatic rings. The van der Waals surface area contributed by atoms with E-state index < -0.39 is 11.6 Å². The van der Waals surface area contributed by atoms with Gasteiger partial charge in [-0.05, 0) is 74.1 Å². The number of thioether (sulfide) groups is 1. The largest absolute Gasteiger partial charge is 0.481 e. The van der Waals surface area contributed by atoms with Gasteiger partial charge in [0, 0.05) is 11.0 Å². The second-order valence-electron chi connectivity index (χ2n) is 9.30. The minimum Gasteiger partial charge on any atom is -0.481 e. The molecule has 0 saturated heterocycles. The van der Waals surface area contributed by atoms with Crippen LogP contribution in [0.4, 0.5) is 0 Å². The molecule has 0 unspecified atom stereocenters. The van der Waals surface area contributed by atoms with E-state index >= 15 is 0 Å². The molecule has 0 heterocycles. The molecule has 0 aliphatic heterocycles. The van der Waals surface area contributed by atoms with Gasteiger partial charge in [0.05, 0.1) is 12.0 Å². The minimum atomic E-state index is -0.870. The third-order valence-electron chi connectivity index (χ3n) is 6.07. The SMILES string of the molecule is C/C=C/c1cccc([C@@H](CCc2ccccc2C(C)(C)O)SCC2(CC(=O)O)CC2)c1. The van der Waals surface area contributed by atoms with Gasteiger partial charge in [-0.3, -0.25) is 4.79 Å². The van der Waals surface area contributed by atoms with Crippen molar-refractivity contribution in [2.45, 2.75) is 63.7 Å². The Labute approximate surface area is 190 Å². The van der Waals surface area contributed by atoms with Gasteiger partial charge < -0.3 is 10.2 Å². The molecule has 2 aromatic carbocycles. The summed E-state index contributed by atoms with van der Waals surface area (Å²) in [7, 11) is 0. The third-order valence-corrected chi connectivity index (χ3v) is 7.76. The van der Waals surface area contributed by atoms with E-state index in [0.29, 0.717) is 0 Å². The van der Waals surface area contributed by atoms with E-state index in [1.54, 1.807) is 0 Å². The number of carboxylic acid groups (broad SMARTS) is 1. The molecule has 166 valence electrons. The molecular weight excluding hydrogens is 404 g/mol. The third kappa shape index (κ3) is 6.72. The monoisotopic (exact) mass is 438 g/mol. The highest BCUT2D eigenvalue weighted by Gasteiger charge is 2.44. The van der Waals surface area contributed by atoms with Crippen LogP contribution in [0.25, 0.3) is 6.08 Å². The van der Waals surface area contributed by atoms with Crippen molar-refractivity contribution in [2.24, 2.45) is 5.41 Å². The fourth-order valence-corrected chi connectivity index (χ4v) is 5.74. The molecule has 3 rings (SSSR count). The van der Waals surface area contributed by atoms with Crippen LogP contribution in [0, 0.1) is 5.41 Å². The molecule has 0 aromatic heterocycles.